The number of aromatic nitrogens is 1. The Morgan fingerprint density at radius 3 is 2.54 bits per heavy atom. The zero-order valence-electron chi connectivity index (χ0n) is 15.9. The first kappa shape index (κ1) is 18.7. The van der Waals surface area contributed by atoms with Crippen molar-refractivity contribution in [2.45, 2.75) is 24.3 Å². The molecule has 0 spiro atoms. The van der Waals surface area contributed by atoms with Gasteiger partial charge in [0.15, 0.2) is 0 Å². The molecule has 0 saturated heterocycles. The van der Waals surface area contributed by atoms with Crippen molar-refractivity contribution in [2.75, 3.05) is 13.7 Å². The van der Waals surface area contributed by atoms with Crippen molar-refractivity contribution in [1.29, 1.82) is 0 Å². The van der Waals surface area contributed by atoms with Gasteiger partial charge in [0.2, 0.25) is 10.0 Å². The molecular formula is C22H22N2O3S. The van der Waals surface area contributed by atoms with Crippen molar-refractivity contribution >= 4 is 10.0 Å². The fraction of sp³-hybridized carbons (Fsp3) is 0.227. The van der Waals surface area contributed by atoms with E-state index in [1.165, 1.54) is 5.56 Å². The zero-order chi connectivity index (χ0) is 19.7. The molecule has 0 amide bonds. The highest BCUT2D eigenvalue weighted by Gasteiger charge is 2.37. The summed E-state index contributed by atoms with van der Waals surface area (Å²) in [5.41, 5.74) is 3.79. The molecule has 0 saturated carbocycles. The molecule has 4 rings (SSSR count). The highest BCUT2D eigenvalue weighted by Crippen LogP contribution is 2.39. The molecule has 0 N–H and O–H groups in total. The third-order valence-electron chi connectivity index (χ3n) is 5.23. The number of nitrogens with zero attached hydrogens (tertiary/aromatic N) is 2. The van der Waals surface area contributed by atoms with Crippen molar-refractivity contribution < 1.29 is 13.2 Å². The van der Waals surface area contributed by atoms with Crippen LogP contribution in [-0.2, 0) is 16.4 Å². The van der Waals surface area contributed by atoms with Crippen LogP contribution >= 0.6 is 0 Å². The molecule has 5 nitrogen and oxygen atoms in total. The van der Waals surface area contributed by atoms with Gasteiger partial charge in [-0.25, -0.2) is 8.42 Å². The van der Waals surface area contributed by atoms with Gasteiger partial charge in [0.25, 0.3) is 0 Å². The normalized spacial score (nSPS) is 17.1. The standard InChI is InChI=1S/C22H22N2O3S/c1-16-15-19(27-2)7-8-21(16)28(25,26)24-14-11-17-5-3-4-6-20(17)22(24)18-9-12-23-13-10-18/h3-10,12-13,15,22H,11,14H2,1-2H3. The Labute approximate surface area is 165 Å². The van der Waals surface area contributed by atoms with Crippen LogP contribution in [0.3, 0.4) is 0 Å². The first-order chi connectivity index (χ1) is 13.5. The highest BCUT2D eigenvalue weighted by molar-refractivity contribution is 7.89. The van der Waals surface area contributed by atoms with Crippen LogP contribution < -0.4 is 4.74 Å². The fourth-order valence-corrected chi connectivity index (χ4v) is 5.66. The SMILES string of the molecule is COc1ccc(S(=O)(=O)N2CCc3ccccc3C2c2ccncc2)c(C)c1. The summed E-state index contributed by atoms with van der Waals surface area (Å²) in [6.45, 7) is 2.23. The van der Waals surface area contributed by atoms with E-state index in [2.05, 4.69) is 11.1 Å². The number of hydrogen-bond acceptors (Lipinski definition) is 4. The van der Waals surface area contributed by atoms with E-state index >= 15 is 0 Å². The molecule has 1 aliphatic heterocycles. The van der Waals surface area contributed by atoms with Gasteiger partial charge in [-0.15, -0.1) is 0 Å². The second-order valence-electron chi connectivity index (χ2n) is 6.88. The minimum Gasteiger partial charge on any atom is -0.497 e. The van der Waals surface area contributed by atoms with Gasteiger partial charge >= 0.3 is 0 Å². The summed E-state index contributed by atoms with van der Waals surface area (Å²) >= 11 is 0. The van der Waals surface area contributed by atoms with Crippen LogP contribution in [0.2, 0.25) is 0 Å². The van der Waals surface area contributed by atoms with Crippen LogP contribution in [0.25, 0.3) is 0 Å². The van der Waals surface area contributed by atoms with Gasteiger partial charge in [0.1, 0.15) is 5.75 Å². The van der Waals surface area contributed by atoms with Crippen LogP contribution in [0, 0.1) is 6.92 Å². The molecular weight excluding hydrogens is 372 g/mol. The first-order valence-electron chi connectivity index (χ1n) is 9.16. The van der Waals surface area contributed by atoms with Crippen molar-refractivity contribution in [1.82, 2.24) is 9.29 Å². The predicted octanol–water partition coefficient (Wildman–Crippen LogP) is 3.74. The topological polar surface area (TPSA) is 59.5 Å². The van der Waals surface area contributed by atoms with Gasteiger partial charge < -0.3 is 4.74 Å². The lowest BCUT2D eigenvalue weighted by Gasteiger charge is -2.37. The predicted molar refractivity (Wildman–Crippen MR) is 108 cm³/mol. The monoisotopic (exact) mass is 394 g/mol. The van der Waals surface area contributed by atoms with Crippen LogP contribution in [0.1, 0.15) is 28.3 Å². The van der Waals surface area contributed by atoms with E-state index in [0.29, 0.717) is 29.2 Å². The number of fused-ring (bicyclic) bond motifs is 1. The number of pyridine rings is 1. The van der Waals surface area contributed by atoms with Crippen molar-refractivity contribution in [3.8, 4) is 5.75 Å². The summed E-state index contributed by atoms with van der Waals surface area (Å²) in [6.07, 6.45) is 4.10. The van der Waals surface area contributed by atoms with E-state index in [4.69, 9.17) is 4.74 Å². The third-order valence-corrected chi connectivity index (χ3v) is 7.25. The van der Waals surface area contributed by atoms with E-state index in [1.54, 1.807) is 48.9 Å². The molecule has 1 atom stereocenters. The summed E-state index contributed by atoms with van der Waals surface area (Å²) in [7, 11) is -2.13. The summed E-state index contributed by atoms with van der Waals surface area (Å²) in [5, 5.41) is 0. The molecule has 0 radical (unpaired) electrons. The lowest BCUT2D eigenvalue weighted by Crippen LogP contribution is -2.40. The number of rotatable bonds is 4. The maximum atomic E-state index is 13.7. The molecule has 1 aromatic heterocycles. The second-order valence-corrected chi connectivity index (χ2v) is 8.74. The van der Waals surface area contributed by atoms with E-state index in [9.17, 15) is 8.42 Å². The number of sulfonamides is 1. The highest BCUT2D eigenvalue weighted by atomic mass is 32.2. The zero-order valence-corrected chi connectivity index (χ0v) is 16.7. The lowest BCUT2D eigenvalue weighted by molar-refractivity contribution is 0.343. The largest absolute Gasteiger partial charge is 0.497 e. The molecule has 6 heteroatoms. The molecule has 1 aliphatic rings. The van der Waals surface area contributed by atoms with Crippen LogP contribution in [0.5, 0.6) is 5.75 Å². The van der Waals surface area contributed by atoms with Crippen molar-refractivity contribution in [2.24, 2.45) is 0 Å². The molecule has 3 aromatic rings. The minimum absolute atomic E-state index is 0.312. The molecule has 0 bridgehead atoms. The number of hydrogen-bond donors (Lipinski definition) is 0. The summed E-state index contributed by atoms with van der Waals surface area (Å²) in [5.74, 6) is 0.645. The van der Waals surface area contributed by atoms with E-state index < -0.39 is 10.0 Å². The van der Waals surface area contributed by atoms with Crippen molar-refractivity contribution in [3.05, 3.63) is 89.2 Å². The Morgan fingerprint density at radius 2 is 1.82 bits per heavy atom. The molecule has 1 unspecified atom stereocenters. The number of benzene rings is 2. The van der Waals surface area contributed by atoms with Gasteiger partial charge in [-0.3, -0.25) is 4.98 Å². The van der Waals surface area contributed by atoms with Crippen LogP contribution in [0.15, 0.2) is 71.9 Å². The summed E-state index contributed by atoms with van der Waals surface area (Å²) < 4.78 is 34.2. The Kier molecular flexibility index (Phi) is 4.91. The first-order valence-corrected chi connectivity index (χ1v) is 10.6. The number of ether oxygens (including phenoxy) is 1. The van der Waals surface area contributed by atoms with Gasteiger partial charge in [0, 0.05) is 18.9 Å². The van der Waals surface area contributed by atoms with Crippen LogP contribution in [-0.4, -0.2) is 31.4 Å². The molecule has 0 aliphatic carbocycles. The average molecular weight is 394 g/mol. The Hall–Kier alpha value is -2.70. The summed E-state index contributed by atoms with van der Waals surface area (Å²) in [4.78, 5) is 4.40. The van der Waals surface area contributed by atoms with E-state index in [-0.39, 0.29) is 6.04 Å². The second kappa shape index (κ2) is 7.37. The molecule has 0 fully saturated rings. The van der Waals surface area contributed by atoms with E-state index in [1.807, 2.05) is 30.3 Å². The Balaban J connectivity index is 1.86. The average Bonchev–Trinajstić information content (AvgIpc) is 2.73. The smallest absolute Gasteiger partial charge is 0.244 e. The van der Waals surface area contributed by atoms with E-state index in [0.717, 1.165) is 11.1 Å². The van der Waals surface area contributed by atoms with Gasteiger partial charge in [-0.2, -0.15) is 4.31 Å². The van der Waals surface area contributed by atoms with Crippen LogP contribution in [0.4, 0.5) is 0 Å². The van der Waals surface area contributed by atoms with Gasteiger partial charge in [0.05, 0.1) is 18.0 Å². The van der Waals surface area contributed by atoms with Gasteiger partial charge in [-0.05, 0) is 65.9 Å². The lowest BCUT2D eigenvalue weighted by atomic mass is 9.90. The quantitative estimate of drug-likeness (QED) is 0.676. The number of aryl methyl sites for hydroxylation is 1. The molecule has 144 valence electrons. The fourth-order valence-electron chi connectivity index (χ4n) is 3.86. The van der Waals surface area contributed by atoms with Crippen molar-refractivity contribution in [3.63, 3.8) is 0 Å². The molecule has 2 aromatic carbocycles. The van der Waals surface area contributed by atoms with Gasteiger partial charge in [-0.1, -0.05) is 24.3 Å². The Bertz CT molecular complexity index is 1100. The molecule has 28 heavy (non-hydrogen) atoms. The molecule has 2 heterocycles. The Morgan fingerprint density at radius 1 is 1.07 bits per heavy atom. The maximum absolute atomic E-state index is 13.7. The third kappa shape index (κ3) is 3.19. The summed E-state index contributed by atoms with van der Waals surface area (Å²) in [6, 6.07) is 16.5. The number of methoxy groups -OCH3 is 1. The minimum atomic E-state index is -3.70. The maximum Gasteiger partial charge on any atom is 0.244 e.